The zero-order chi connectivity index (χ0) is 22.3. The number of nitrogens with one attached hydrogen (secondary N) is 1. The Morgan fingerprint density at radius 1 is 1.03 bits per heavy atom. The van der Waals surface area contributed by atoms with Crippen LogP contribution in [0, 0.1) is 0 Å². The maximum atomic E-state index is 12.4. The first-order chi connectivity index (χ1) is 15.6. The van der Waals surface area contributed by atoms with Crippen LogP contribution in [0.3, 0.4) is 0 Å². The van der Waals surface area contributed by atoms with Gasteiger partial charge >= 0.3 is 0 Å². The molecule has 0 fully saturated rings. The minimum Gasteiger partial charge on any atom is -0.494 e. The predicted molar refractivity (Wildman–Crippen MR) is 131 cm³/mol. The number of fused-ring (bicyclic) bond motifs is 1. The van der Waals surface area contributed by atoms with Gasteiger partial charge in [0.25, 0.3) is 5.91 Å². The summed E-state index contributed by atoms with van der Waals surface area (Å²) in [6, 6.07) is 22.8. The number of imidazole rings is 1. The number of benzene rings is 3. The van der Waals surface area contributed by atoms with Crippen LogP contribution in [0.5, 0.6) is 5.75 Å². The smallest absolute Gasteiger partial charge is 0.251 e. The summed E-state index contributed by atoms with van der Waals surface area (Å²) in [5, 5.41) is 3.68. The van der Waals surface area contributed by atoms with Gasteiger partial charge in [0.2, 0.25) is 0 Å². The zero-order valence-corrected chi connectivity index (χ0v) is 19.8. The van der Waals surface area contributed by atoms with Gasteiger partial charge in [0.1, 0.15) is 11.6 Å². The second kappa shape index (κ2) is 10.7. The molecule has 0 atom stereocenters. The highest BCUT2D eigenvalue weighted by Gasteiger charge is 2.11. The molecule has 0 bridgehead atoms. The number of para-hydroxylation sites is 2. The van der Waals surface area contributed by atoms with Crippen LogP contribution >= 0.6 is 27.5 Å². The monoisotopic (exact) mass is 511 g/mol. The lowest BCUT2D eigenvalue weighted by molar-refractivity contribution is 0.0954. The second-order valence-electron chi connectivity index (χ2n) is 7.34. The van der Waals surface area contributed by atoms with Crippen molar-refractivity contribution in [1.82, 2.24) is 14.9 Å². The van der Waals surface area contributed by atoms with Crippen molar-refractivity contribution in [2.75, 3.05) is 13.2 Å². The Morgan fingerprint density at radius 2 is 1.78 bits per heavy atom. The molecular weight excluding hydrogens is 490 g/mol. The number of ether oxygens (including phenoxy) is 1. The molecule has 4 aromatic rings. The lowest BCUT2D eigenvalue weighted by Crippen LogP contribution is -2.26. The van der Waals surface area contributed by atoms with Gasteiger partial charge in [-0.1, -0.05) is 39.7 Å². The molecule has 1 amide bonds. The molecule has 0 aliphatic heterocycles. The van der Waals surface area contributed by atoms with Crippen molar-refractivity contribution in [1.29, 1.82) is 0 Å². The topological polar surface area (TPSA) is 56.2 Å². The molecule has 7 heteroatoms. The van der Waals surface area contributed by atoms with Gasteiger partial charge in [0.15, 0.2) is 0 Å². The van der Waals surface area contributed by atoms with Crippen molar-refractivity contribution < 1.29 is 9.53 Å². The van der Waals surface area contributed by atoms with Crippen LogP contribution in [-0.4, -0.2) is 28.6 Å². The summed E-state index contributed by atoms with van der Waals surface area (Å²) in [5.41, 5.74) is 2.69. The number of amides is 1. The highest BCUT2D eigenvalue weighted by atomic mass is 79.9. The van der Waals surface area contributed by atoms with Gasteiger partial charge in [0.05, 0.1) is 17.6 Å². The van der Waals surface area contributed by atoms with Crippen LogP contribution in [0.15, 0.2) is 77.3 Å². The van der Waals surface area contributed by atoms with Gasteiger partial charge in [-0.05, 0) is 67.1 Å². The van der Waals surface area contributed by atoms with Crippen molar-refractivity contribution in [2.24, 2.45) is 0 Å². The summed E-state index contributed by atoms with van der Waals surface area (Å²) >= 11 is 9.31. The van der Waals surface area contributed by atoms with Gasteiger partial charge in [-0.15, -0.1) is 0 Å². The fourth-order valence-electron chi connectivity index (χ4n) is 3.50. The van der Waals surface area contributed by atoms with E-state index in [0.29, 0.717) is 30.2 Å². The number of rotatable bonds is 9. The third-order valence-corrected chi connectivity index (χ3v) is 5.86. The van der Waals surface area contributed by atoms with Gasteiger partial charge in [-0.25, -0.2) is 4.98 Å². The molecule has 1 aromatic heterocycles. The number of aromatic nitrogens is 2. The summed E-state index contributed by atoms with van der Waals surface area (Å²) < 4.78 is 8.99. The van der Waals surface area contributed by atoms with Crippen molar-refractivity contribution in [3.8, 4) is 5.75 Å². The Balaban J connectivity index is 1.36. The third kappa shape index (κ3) is 5.69. The molecule has 0 saturated carbocycles. The van der Waals surface area contributed by atoms with Crippen molar-refractivity contribution in [3.05, 3.63) is 93.7 Å². The maximum Gasteiger partial charge on any atom is 0.251 e. The van der Waals surface area contributed by atoms with Crippen molar-refractivity contribution in [3.63, 3.8) is 0 Å². The molecule has 164 valence electrons. The average Bonchev–Trinajstić information content (AvgIpc) is 3.15. The minimum atomic E-state index is -0.0866. The quantitative estimate of drug-likeness (QED) is 0.284. The highest BCUT2D eigenvalue weighted by Crippen LogP contribution is 2.18. The van der Waals surface area contributed by atoms with Gasteiger partial charge in [-0.2, -0.15) is 0 Å². The summed E-state index contributed by atoms with van der Waals surface area (Å²) in [4.78, 5) is 17.2. The molecule has 3 aromatic carbocycles. The molecule has 0 aliphatic rings. The van der Waals surface area contributed by atoms with Crippen molar-refractivity contribution in [2.45, 2.75) is 19.4 Å². The first-order valence-electron chi connectivity index (χ1n) is 10.5. The molecule has 0 unspecified atom stereocenters. The van der Waals surface area contributed by atoms with Crippen LogP contribution in [0.1, 0.15) is 22.6 Å². The molecule has 5 nitrogen and oxygen atoms in total. The van der Waals surface area contributed by atoms with Crippen LogP contribution in [-0.2, 0) is 13.0 Å². The number of hydrogen-bond acceptors (Lipinski definition) is 3. The van der Waals surface area contributed by atoms with Crippen LogP contribution in [0.25, 0.3) is 11.0 Å². The zero-order valence-electron chi connectivity index (χ0n) is 17.4. The normalized spacial score (nSPS) is 10.9. The number of hydrogen-bond donors (Lipinski definition) is 1. The average molecular weight is 513 g/mol. The number of nitrogens with zero attached hydrogens (tertiary/aromatic N) is 2. The largest absolute Gasteiger partial charge is 0.494 e. The van der Waals surface area contributed by atoms with E-state index in [1.54, 1.807) is 12.1 Å². The minimum absolute atomic E-state index is 0.0866. The van der Waals surface area contributed by atoms with E-state index in [0.717, 1.165) is 40.0 Å². The Morgan fingerprint density at radius 3 is 2.56 bits per heavy atom. The SMILES string of the molecule is O=C(NCCc1nc2ccccc2n1CCCOc1ccc(Cl)cc1)c1ccc(Br)cc1. The Hall–Kier alpha value is -2.83. The first-order valence-corrected chi connectivity index (χ1v) is 11.6. The standard InChI is InChI=1S/C25H23BrClN3O2/c26-19-8-6-18(7-9-19)25(31)28-15-14-24-29-22-4-1-2-5-23(22)30(24)16-3-17-32-21-12-10-20(27)11-13-21/h1-2,4-13H,3,14-17H2,(H,28,31). The predicted octanol–water partition coefficient (Wildman–Crippen LogP) is 5.89. The lowest BCUT2D eigenvalue weighted by Gasteiger charge is -2.11. The molecule has 0 aliphatic carbocycles. The van der Waals surface area contributed by atoms with Gasteiger partial charge in [0, 0.05) is 34.6 Å². The highest BCUT2D eigenvalue weighted by molar-refractivity contribution is 9.10. The Kier molecular flexibility index (Phi) is 7.45. The second-order valence-corrected chi connectivity index (χ2v) is 8.69. The Labute approximate surface area is 200 Å². The van der Waals surface area contributed by atoms with Crippen LogP contribution < -0.4 is 10.1 Å². The van der Waals surface area contributed by atoms with E-state index in [9.17, 15) is 4.79 Å². The fraction of sp³-hybridized carbons (Fsp3) is 0.200. The van der Waals surface area contributed by atoms with E-state index >= 15 is 0 Å². The van der Waals surface area contributed by atoms with Crippen LogP contribution in [0.4, 0.5) is 0 Å². The van der Waals surface area contributed by atoms with E-state index in [1.807, 2.05) is 54.6 Å². The van der Waals surface area contributed by atoms with E-state index in [2.05, 4.69) is 31.9 Å². The summed E-state index contributed by atoms with van der Waals surface area (Å²) in [6.07, 6.45) is 1.48. The lowest BCUT2D eigenvalue weighted by atomic mass is 10.2. The molecule has 32 heavy (non-hydrogen) atoms. The van der Waals surface area contributed by atoms with Gasteiger partial charge < -0.3 is 14.6 Å². The number of carbonyl (C=O) groups excluding carboxylic acids is 1. The number of carbonyl (C=O) groups is 1. The summed E-state index contributed by atoms with van der Waals surface area (Å²) in [5.74, 6) is 1.67. The van der Waals surface area contributed by atoms with E-state index in [-0.39, 0.29) is 5.91 Å². The van der Waals surface area contributed by atoms with Crippen molar-refractivity contribution >= 4 is 44.5 Å². The molecule has 0 spiro atoms. The number of aryl methyl sites for hydroxylation is 1. The molecular formula is C25H23BrClN3O2. The van der Waals surface area contributed by atoms with E-state index in [1.165, 1.54) is 0 Å². The number of halogens is 2. The van der Waals surface area contributed by atoms with E-state index in [4.69, 9.17) is 21.3 Å². The molecule has 0 saturated heterocycles. The molecule has 1 heterocycles. The molecule has 0 radical (unpaired) electrons. The van der Waals surface area contributed by atoms with E-state index < -0.39 is 0 Å². The summed E-state index contributed by atoms with van der Waals surface area (Å²) in [6.45, 7) is 1.89. The molecule has 4 rings (SSSR count). The maximum absolute atomic E-state index is 12.4. The fourth-order valence-corrected chi connectivity index (χ4v) is 3.89. The first kappa shape index (κ1) is 22.4. The molecule has 1 N–H and O–H groups in total. The summed E-state index contributed by atoms with van der Waals surface area (Å²) in [7, 11) is 0. The van der Waals surface area contributed by atoms with Gasteiger partial charge in [-0.3, -0.25) is 4.79 Å². The third-order valence-electron chi connectivity index (χ3n) is 5.08. The Bertz CT molecular complexity index is 1190. The van der Waals surface area contributed by atoms with Crippen LogP contribution in [0.2, 0.25) is 5.02 Å².